The summed E-state index contributed by atoms with van der Waals surface area (Å²) in [6, 6.07) is 16.5. The number of halogens is 1. The number of hydrogen-bond acceptors (Lipinski definition) is 8. The number of amides is 1. The van der Waals surface area contributed by atoms with Crippen LogP contribution in [-0.4, -0.2) is 40.8 Å². The first-order valence-corrected chi connectivity index (χ1v) is 13.0. The van der Waals surface area contributed by atoms with Crippen LogP contribution in [0.2, 0.25) is 5.02 Å². The van der Waals surface area contributed by atoms with Gasteiger partial charge in [0.2, 0.25) is 11.8 Å². The molecule has 2 aliphatic rings. The van der Waals surface area contributed by atoms with E-state index in [0.717, 1.165) is 42.7 Å². The second-order valence-corrected chi connectivity index (χ2v) is 9.97. The van der Waals surface area contributed by atoms with E-state index in [1.807, 2.05) is 48.5 Å². The van der Waals surface area contributed by atoms with E-state index in [1.54, 1.807) is 18.5 Å². The molecule has 0 spiro atoms. The van der Waals surface area contributed by atoms with Gasteiger partial charge in [0.15, 0.2) is 0 Å². The average Bonchev–Trinajstić information content (AvgIpc) is 3.46. The second kappa shape index (κ2) is 10.4. The van der Waals surface area contributed by atoms with E-state index in [4.69, 9.17) is 20.8 Å². The lowest BCUT2D eigenvalue weighted by atomic mass is 9.87. The number of nitrogens with one attached hydrogen (secondary N) is 3. The van der Waals surface area contributed by atoms with Crippen molar-refractivity contribution in [2.75, 3.05) is 25.0 Å². The molecule has 194 valence electrons. The summed E-state index contributed by atoms with van der Waals surface area (Å²) in [7, 11) is 0. The molecule has 38 heavy (non-hydrogen) atoms. The summed E-state index contributed by atoms with van der Waals surface area (Å²) in [6.45, 7) is 2.11. The molecule has 4 aromatic rings. The largest absolute Gasteiger partial charge is 0.493 e. The van der Waals surface area contributed by atoms with Gasteiger partial charge >= 0.3 is 0 Å². The quantitative estimate of drug-likeness (QED) is 0.328. The molecule has 0 aliphatic carbocycles. The Kier molecular flexibility index (Phi) is 6.70. The van der Waals surface area contributed by atoms with Crippen LogP contribution in [0.4, 0.5) is 5.69 Å². The van der Waals surface area contributed by atoms with Gasteiger partial charge < -0.3 is 25.1 Å². The Morgan fingerprint density at radius 3 is 2.74 bits per heavy atom. The van der Waals surface area contributed by atoms with Gasteiger partial charge in [-0.15, -0.1) is 10.2 Å². The minimum atomic E-state index is -0.558. The van der Waals surface area contributed by atoms with E-state index in [2.05, 4.69) is 31.1 Å². The molecule has 1 atom stereocenters. The number of hydrogen-bond donors (Lipinski definition) is 3. The molecule has 0 unspecified atom stereocenters. The van der Waals surface area contributed by atoms with Crippen LogP contribution in [0.5, 0.6) is 5.75 Å². The molecule has 0 saturated carbocycles. The standard InChI is InChI=1S/C28H27ClN6O3/c29-20-4-5-22-23(8-15-37-24(22)17-20)32-25(36)19-2-1-3-21(16-19)33-28(9-13-31-14-10-28)27-35-34-26(38-27)18-6-11-30-12-7-18/h1-7,11-12,16-17,23,31,33H,8-10,13-15H2,(H,32,36)/t23-/m0/s1. The Bertz CT molecular complexity index is 1440. The van der Waals surface area contributed by atoms with Crippen molar-refractivity contribution in [3.05, 3.63) is 89.0 Å². The van der Waals surface area contributed by atoms with E-state index < -0.39 is 5.54 Å². The third kappa shape index (κ3) is 4.94. The first kappa shape index (κ1) is 24.4. The van der Waals surface area contributed by atoms with Crippen molar-refractivity contribution in [3.63, 3.8) is 0 Å². The van der Waals surface area contributed by atoms with E-state index >= 15 is 0 Å². The molecule has 1 saturated heterocycles. The van der Waals surface area contributed by atoms with Gasteiger partial charge in [-0.25, -0.2) is 0 Å². The average molecular weight is 531 g/mol. The van der Waals surface area contributed by atoms with Crippen molar-refractivity contribution in [1.82, 2.24) is 25.8 Å². The Morgan fingerprint density at radius 1 is 1.05 bits per heavy atom. The smallest absolute Gasteiger partial charge is 0.251 e. The van der Waals surface area contributed by atoms with Crippen molar-refractivity contribution >= 4 is 23.2 Å². The molecular weight excluding hydrogens is 504 g/mol. The van der Waals surface area contributed by atoms with Gasteiger partial charge in [-0.2, -0.15) is 0 Å². The molecule has 4 heterocycles. The van der Waals surface area contributed by atoms with E-state index in [9.17, 15) is 4.79 Å². The molecule has 6 rings (SSSR count). The highest BCUT2D eigenvalue weighted by molar-refractivity contribution is 6.30. The van der Waals surface area contributed by atoms with Crippen LogP contribution in [-0.2, 0) is 5.54 Å². The summed E-state index contributed by atoms with van der Waals surface area (Å²) in [5.41, 5.74) is 2.56. The number of carbonyl (C=O) groups is 1. The number of carbonyl (C=O) groups excluding carboxylic acids is 1. The van der Waals surface area contributed by atoms with Crippen molar-refractivity contribution in [1.29, 1.82) is 0 Å². The van der Waals surface area contributed by atoms with Crippen LogP contribution in [0.3, 0.4) is 0 Å². The molecule has 2 aromatic heterocycles. The Hall–Kier alpha value is -3.95. The minimum Gasteiger partial charge on any atom is -0.493 e. The maximum atomic E-state index is 13.3. The maximum absolute atomic E-state index is 13.3. The van der Waals surface area contributed by atoms with Gasteiger partial charge in [-0.3, -0.25) is 9.78 Å². The molecule has 1 amide bonds. The van der Waals surface area contributed by atoms with Gasteiger partial charge in [0, 0.05) is 46.2 Å². The fraction of sp³-hybridized carbons (Fsp3) is 0.286. The van der Waals surface area contributed by atoms with Crippen molar-refractivity contribution in [3.8, 4) is 17.2 Å². The van der Waals surface area contributed by atoms with E-state index in [1.165, 1.54) is 0 Å². The molecule has 1 fully saturated rings. The minimum absolute atomic E-state index is 0.152. The highest BCUT2D eigenvalue weighted by Gasteiger charge is 2.39. The van der Waals surface area contributed by atoms with Crippen LogP contribution in [0.25, 0.3) is 11.5 Å². The maximum Gasteiger partial charge on any atom is 0.251 e. The van der Waals surface area contributed by atoms with Crippen LogP contribution >= 0.6 is 11.6 Å². The lowest BCUT2D eigenvalue weighted by Crippen LogP contribution is -2.45. The SMILES string of the molecule is O=C(N[C@H]1CCOc2cc(Cl)ccc21)c1cccc(NC2(c3nnc(-c4ccncc4)o3)CCNCC2)c1. The predicted molar refractivity (Wildman–Crippen MR) is 143 cm³/mol. The topological polar surface area (TPSA) is 114 Å². The number of fused-ring (bicyclic) bond motifs is 1. The fourth-order valence-electron chi connectivity index (χ4n) is 5.04. The van der Waals surface area contributed by atoms with Crippen molar-refractivity contribution < 1.29 is 13.9 Å². The highest BCUT2D eigenvalue weighted by atomic mass is 35.5. The van der Waals surface area contributed by atoms with E-state index in [0.29, 0.717) is 41.1 Å². The van der Waals surface area contributed by atoms with Crippen LogP contribution in [0, 0.1) is 0 Å². The zero-order chi connectivity index (χ0) is 26.0. The van der Waals surface area contributed by atoms with Crippen molar-refractivity contribution in [2.45, 2.75) is 30.8 Å². The number of pyridine rings is 1. The summed E-state index contributed by atoms with van der Waals surface area (Å²) in [5, 5.41) is 19.5. The number of nitrogens with zero attached hydrogens (tertiary/aromatic N) is 3. The zero-order valence-corrected chi connectivity index (χ0v) is 21.4. The highest BCUT2D eigenvalue weighted by Crippen LogP contribution is 2.36. The Morgan fingerprint density at radius 2 is 1.89 bits per heavy atom. The number of ether oxygens (including phenoxy) is 1. The fourth-order valence-corrected chi connectivity index (χ4v) is 5.21. The summed E-state index contributed by atoms with van der Waals surface area (Å²) >= 11 is 6.12. The predicted octanol–water partition coefficient (Wildman–Crippen LogP) is 4.73. The van der Waals surface area contributed by atoms with Gasteiger partial charge in [0.25, 0.3) is 5.91 Å². The van der Waals surface area contributed by atoms with E-state index in [-0.39, 0.29) is 11.9 Å². The van der Waals surface area contributed by atoms with Gasteiger partial charge in [-0.05, 0) is 68.4 Å². The molecule has 2 aromatic carbocycles. The molecule has 3 N–H and O–H groups in total. The number of anilines is 1. The third-order valence-electron chi connectivity index (χ3n) is 7.05. The molecule has 2 aliphatic heterocycles. The normalized spacial score (nSPS) is 18.2. The first-order chi connectivity index (χ1) is 18.6. The molecular formula is C28H27ClN6O3. The number of aromatic nitrogens is 3. The summed E-state index contributed by atoms with van der Waals surface area (Å²) in [6.07, 6.45) is 5.59. The van der Waals surface area contributed by atoms with Crippen LogP contribution in [0.1, 0.15) is 47.1 Å². The Labute approximate surface area is 225 Å². The first-order valence-electron chi connectivity index (χ1n) is 12.7. The number of benzene rings is 2. The molecule has 9 nitrogen and oxygen atoms in total. The number of rotatable bonds is 6. The monoisotopic (exact) mass is 530 g/mol. The van der Waals surface area contributed by atoms with Crippen LogP contribution < -0.4 is 20.7 Å². The third-order valence-corrected chi connectivity index (χ3v) is 7.28. The Balaban J connectivity index is 1.23. The van der Waals surface area contributed by atoms with Crippen LogP contribution in [0.15, 0.2) is 71.4 Å². The van der Waals surface area contributed by atoms with Gasteiger partial charge in [0.05, 0.1) is 12.6 Å². The summed E-state index contributed by atoms with van der Waals surface area (Å²) < 4.78 is 11.9. The summed E-state index contributed by atoms with van der Waals surface area (Å²) in [4.78, 5) is 17.3. The number of piperidine rings is 1. The molecule has 0 bridgehead atoms. The zero-order valence-electron chi connectivity index (χ0n) is 20.6. The lowest BCUT2D eigenvalue weighted by molar-refractivity contribution is 0.0925. The molecule has 0 radical (unpaired) electrons. The second-order valence-electron chi connectivity index (χ2n) is 9.53. The van der Waals surface area contributed by atoms with Gasteiger partial charge in [-0.1, -0.05) is 23.7 Å². The van der Waals surface area contributed by atoms with Crippen molar-refractivity contribution in [2.24, 2.45) is 0 Å². The summed E-state index contributed by atoms with van der Waals surface area (Å²) in [5.74, 6) is 1.54. The lowest BCUT2D eigenvalue weighted by Gasteiger charge is -2.36. The molecule has 10 heteroatoms. The van der Waals surface area contributed by atoms with Gasteiger partial charge in [0.1, 0.15) is 11.3 Å².